The molecule has 2 aromatic carbocycles. The molecule has 0 saturated carbocycles. The second kappa shape index (κ2) is 9.02. The molecule has 5 nitrogen and oxygen atoms in total. The summed E-state index contributed by atoms with van der Waals surface area (Å²) in [6.07, 6.45) is -5.00. The number of ether oxygens (including phenoxy) is 3. The quantitative estimate of drug-likeness (QED) is 0.786. The van der Waals surface area contributed by atoms with Gasteiger partial charge in [0.05, 0.1) is 39.0 Å². The molecule has 2 atom stereocenters. The van der Waals surface area contributed by atoms with Gasteiger partial charge in [0.25, 0.3) is 0 Å². The first-order valence-corrected chi connectivity index (χ1v) is 9.22. The lowest BCUT2D eigenvalue weighted by Gasteiger charge is -2.41. The third kappa shape index (κ3) is 4.66. The van der Waals surface area contributed by atoms with Gasteiger partial charge in [-0.15, -0.1) is 0 Å². The van der Waals surface area contributed by atoms with Crippen molar-refractivity contribution in [3.05, 3.63) is 59.2 Å². The molecule has 0 amide bonds. The SMILES string of the molecule is COc1ccc([C@@H]2[C@@H](CO)OCCN2Cc2ccccc2C(F)(F)F)cc1OC. The Morgan fingerprint density at radius 1 is 1.10 bits per heavy atom. The van der Waals surface area contributed by atoms with Crippen LogP contribution in [0.2, 0.25) is 0 Å². The minimum Gasteiger partial charge on any atom is -0.493 e. The summed E-state index contributed by atoms with van der Waals surface area (Å²) < 4.78 is 56.6. The van der Waals surface area contributed by atoms with Crippen LogP contribution in [-0.2, 0) is 17.5 Å². The van der Waals surface area contributed by atoms with Crippen LogP contribution in [0.1, 0.15) is 22.7 Å². The predicted molar refractivity (Wildman–Crippen MR) is 101 cm³/mol. The average molecular weight is 411 g/mol. The van der Waals surface area contributed by atoms with E-state index in [2.05, 4.69) is 0 Å². The van der Waals surface area contributed by atoms with E-state index in [9.17, 15) is 18.3 Å². The minimum atomic E-state index is -4.43. The van der Waals surface area contributed by atoms with E-state index < -0.39 is 23.9 Å². The molecular formula is C21H24F3NO4. The largest absolute Gasteiger partial charge is 0.493 e. The minimum absolute atomic E-state index is 0.0779. The van der Waals surface area contributed by atoms with E-state index in [0.29, 0.717) is 24.7 Å². The van der Waals surface area contributed by atoms with Gasteiger partial charge in [0.15, 0.2) is 11.5 Å². The van der Waals surface area contributed by atoms with Crippen molar-refractivity contribution >= 4 is 0 Å². The topological polar surface area (TPSA) is 51.2 Å². The summed E-state index contributed by atoms with van der Waals surface area (Å²) in [7, 11) is 3.04. The summed E-state index contributed by atoms with van der Waals surface area (Å²) in [5, 5.41) is 9.83. The fourth-order valence-electron chi connectivity index (χ4n) is 3.73. The lowest BCUT2D eigenvalue weighted by atomic mass is 9.96. The summed E-state index contributed by atoms with van der Waals surface area (Å²) in [5.74, 6) is 1.05. The van der Waals surface area contributed by atoms with Crippen molar-refractivity contribution in [2.75, 3.05) is 34.0 Å². The third-order valence-electron chi connectivity index (χ3n) is 5.08. The monoisotopic (exact) mass is 411 g/mol. The van der Waals surface area contributed by atoms with Gasteiger partial charge in [-0.1, -0.05) is 24.3 Å². The van der Waals surface area contributed by atoms with E-state index in [0.717, 1.165) is 11.6 Å². The fraction of sp³-hybridized carbons (Fsp3) is 0.429. The first kappa shape index (κ1) is 21.4. The van der Waals surface area contributed by atoms with Crippen LogP contribution in [0.3, 0.4) is 0 Å². The molecule has 8 heteroatoms. The summed E-state index contributed by atoms with van der Waals surface area (Å²) in [6.45, 7) is 0.579. The highest BCUT2D eigenvalue weighted by atomic mass is 19.4. The molecule has 1 N–H and O–H groups in total. The maximum Gasteiger partial charge on any atom is 0.416 e. The number of nitrogens with zero attached hydrogens (tertiary/aromatic N) is 1. The zero-order chi connectivity index (χ0) is 21.0. The smallest absolute Gasteiger partial charge is 0.416 e. The molecule has 3 rings (SSSR count). The molecule has 0 radical (unpaired) electrons. The highest BCUT2D eigenvalue weighted by molar-refractivity contribution is 5.44. The van der Waals surface area contributed by atoms with Gasteiger partial charge < -0.3 is 19.3 Å². The Hall–Kier alpha value is -2.29. The number of aliphatic hydroxyl groups excluding tert-OH is 1. The number of benzene rings is 2. The van der Waals surface area contributed by atoms with Gasteiger partial charge in [-0.3, -0.25) is 4.90 Å². The standard InChI is InChI=1S/C21H24F3NO4/c1-27-17-8-7-14(11-18(17)28-2)20-19(13-26)29-10-9-25(20)12-15-5-3-4-6-16(15)21(22,23)24/h3-8,11,19-20,26H,9-10,12-13H2,1-2H3/t19-,20-/m1/s1. The van der Waals surface area contributed by atoms with Crippen molar-refractivity contribution in [1.29, 1.82) is 0 Å². The summed E-state index contributed by atoms with van der Waals surface area (Å²) >= 11 is 0. The van der Waals surface area contributed by atoms with Gasteiger partial charge >= 0.3 is 6.18 Å². The Balaban J connectivity index is 1.98. The molecule has 1 aliphatic heterocycles. The zero-order valence-electron chi connectivity index (χ0n) is 16.3. The van der Waals surface area contributed by atoms with E-state index in [1.54, 1.807) is 18.2 Å². The zero-order valence-corrected chi connectivity index (χ0v) is 16.3. The van der Waals surface area contributed by atoms with Crippen LogP contribution in [0.4, 0.5) is 13.2 Å². The number of hydrogen-bond acceptors (Lipinski definition) is 5. The van der Waals surface area contributed by atoms with Gasteiger partial charge in [-0.25, -0.2) is 0 Å². The molecule has 1 fully saturated rings. The van der Waals surface area contributed by atoms with Gasteiger partial charge in [-0.2, -0.15) is 13.2 Å². The van der Waals surface area contributed by atoms with E-state index in [-0.39, 0.29) is 18.7 Å². The molecule has 1 aliphatic rings. The second-order valence-corrected chi connectivity index (χ2v) is 6.78. The Labute approximate surface area is 167 Å². The Morgan fingerprint density at radius 2 is 1.83 bits per heavy atom. The van der Waals surface area contributed by atoms with Crippen LogP contribution >= 0.6 is 0 Å². The molecule has 1 heterocycles. The lowest BCUT2D eigenvalue weighted by Crippen LogP contribution is -2.46. The van der Waals surface area contributed by atoms with Crippen LogP contribution in [0.25, 0.3) is 0 Å². The van der Waals surface area contributed by atoms with Crippen LogP contribution < -0.4 is 9.47 Å². The Morgan fingerprint density at radius 3 is 2.48 bits per heavy atom. The summed E-state index contributed by atoms with van der Waals surface area (Å²) in [4.78, 5) is 1.90. The lowest BCUT2D eigenvalue weighted by molar-refractivity contribution is -0.139. The molecule has 29 heavy (non-hydrogen) atoms. The fourth-order valence-corrected chi connectivity index (χ4v) is 3.73. The number of rotatable bonds is 6. The van der Waals surface area contributed by atoms with Gasteiger partial charge in [0.1, 0.15) is 6.10 Å². The Kier molecular flexibility index (Phi) is 6.66. The maximum absolute atomic E-state index is 13.4. The van der Waals surface area contributed by atoms with Gasteiger partial charge in [0.2, 0.25) is 0 Å². The van der Waals surface area contributed by atoms with Crippen molar-refractivity contribution in [1.82, 2.24) is 4.90 Å². The molecule has 1 saturated heterocycles. The van der Waals surface area contributed by atoms with Crippen molar-refractivity contribution in [2.45, 2.75) is 24.9 Å². The van der Waals surface area contributed by atoms with Crippen molar-refractivity contribution in [2.24, 2.45) is 0 Å². The Bertz CT molecular complexity index is 828. The van der Waals surface area contributed by atoms with Crippen molar-refractivity contribution < 1.29 is 32.5 Å². The van der Waals surface area contributed by atoms with Crippen LogP contribution in [0, 0.1) is 0 Å². The molecule has 2 aromatic rings. The predicted octanol–water partition coefficient (Wildman–Crippen LogP) is 3.66. The highest BCUT2D eigenvalue weighted by Gasteiger charge is 2.37. The number of hydrogen-bond donors (Lipinski definition) is 1. The van der Waals surface area contributed by atoms with Crippen LogP contribution in [0.15, 0.2) is 42.5 Å². The molecule has 0 unspecified atom stereocenters. The molecule has 0 aliphatic carbocycles. The van der Waals surface area contributed by atoms with Gasteiger partial charge in [0, 0.05) is 13.1 Å². The second-order valence-electron chi connectivity index (χ2n) is 6.78. The van der Waals surface area contributed by atoms with Crippen LogP contribution in [-0.4, -0.2) is 50.1 Å². The molecular weight excluding hydrogens is 387 g/mol. The van der Waals surface area contributed by atoms with Crippen molar-refractivity contribution in [3.8, 4) is 11.5 Å². The highest BCUT2D eigenvalue weighted by Crippen LogP contribution is 2.38. The van der Waals surface area contributed by atoms with E-state index in [4.69, 9.17) is 14.2 Å². The molecule has 0 bridgehead atoms. The number of aliphatic hydroxyl groups is 1. The normalized spacial score (nSPS) is 20.5. The summed E-state index contributed by atoms with van der Waals surface area (Å²) in [6, 6.07) is 10.4. The average Bonchev–Trinajstić information content (AvgIpc) is 2.72. The van der Waals surface area contributed by atoms with E-state index in [1.165, 1.54) is 26.4 Å². The molecule has 0 aromatic heterocycles. The van der Waals surface area contributed by atoms with Gasteiger partial charge in [-0.05, 0) is 29.3 Å². The maximum atomic E-state index is 13.4. The third-order valence-corrected chi connectivity index (χ3v) is 5.08. The van der Waals surface area contributed by atoms with E-state index >= 15 is 0 Å². The first-order valence-electron chi connectivity index (χ1n) is 9.22. The van der Waals surface area contributed by atoms with E-state index in [1.807, 2.05) is 11.0 Å². The number of methoxy groups -OCH3 is 2. The number of halogens is 3. The van der Waals surface area contributed by atoms with Crippen LogP contribution in [0.5, 0.6) is 11.5 Å². The first-order chi connectivity index (χ1) is 13.9. The van der Waals surface area contributed by atoms with Crippen molar-refractivity contribution in [3.63, 3.8) is 0 Å². The number of morpholine rings is 1. The number of alkyl halides is 3. The summed E-state index contributed by atoms with van der Waals surface area (Å²) in [5.41, 5.74) is 0.299. The molecule has 158 valence electrons. The molecule has 0 spiro atoms.